The minimum atomic E-state index is -0.980. The Hall–Kier alpha value is -1.63. The van der Waals surface area contributed by atoms with E-state index in [4.69, 9.17) is 10.5 Å². The summed E-state index contributed by atoms with van der Waals surface area (Å²) < 4.78 is 5.12. The van der Waals surface area contributed by atoms with Crippen LogP contribution in [0.1, 0.15) is 27.2 Å². The fourth-order valence-corrected chi connectivity index (χ4v) is 2.93. The Morgan fingerprint density at radius 3 is 2.84 bits per heavy atom. The van der Waals surface area contributed by atoms with Crippen LogP contribution in [0.15, 0.2) is 5.38 Å². The average molecular weight is 283 g/mol. The molecular formula is C12H17N3O3S. The van der Waals surface area contributed by atoms with Crippen molar-refractivity contribution >= 4 is 34.2 Å². The number of carbonyl (C=O) groups is 2. The number of ketones is 1. The molecule has 1 saturated heterocycles. The Morgan fingerprint density at radius 1 is 1.68 bits per heavy atom. The fourth-order valence-electron chi connectivity index (χ4n) is 2.40. The summed E-state index contributed by atoms with van der Waals surface area (Å²) in [5.74, 6) is 0.287. The summed E-state index contributed by atoms with van der Waals surface area (Å²) in [5.41, 5.74) is 4.63. The number of aromatic nitrogens is 1. The van der Waals surface area contributed by atoms with Crippen LogP contribution in [0, 0.1) is 5.92 Å². The Labute approximate surface area is 115 Å². The smallest absolute Gasteiger partial charge is 0.416 e. The van der Waals surface area contributed by atoms with Crippen molar-refractivity contribution in [3.05, 3.63) is 5.38 Å². The van der Waals surface area contributed by atoms with Crippen molar-refractivity contribution in [2.24, 2.45) is 5.92 Å². The largest absolute Gasteiger partial charge is 0.446 e. The summed E-state index contributed by atoms with van der Waals surface area (Å²) >= 11 is 1.23. The van der Waals surface area contributed by atoms with Gasteiger partial charge in [0.25, 0.3) is 0 Å². The molecule has 0 unspecified atom stereocenters. The van der Waals surface area contributed by atoms with Gasteiger partial charge in [0.05, 0.1) is 0 Å². The molecule has 0 radical (unpaired) electrons. The van der Waals surface area contributed by atoms with Gasteiger partial charge in [-0.25, -0.2) is 14.7 Å². The summed E-state index contributed by atoms with van der Waals surface area (Å²) in [4.78, 5) is 29.8. The van der Waals surface area contributed by atoms with E-state index in [9.17, 15) is 9.59 Å². The predicted octanol–water partition coefficient (Wildman–Crippen LogP) is 2.06. The van der Waals surface area contributed by atoms with Crippen molar-refractivity contribution in [3.8, 4) is 0 Å². The molecule has 7 heteroatoms. The number of nitrogens with two attached hydrogens (primary N) is 1. The molecule has 1 aromatic heterocycles. The Balaban J connectivity index is 2.53. The second-order valence-corrected chi connectivity index (χ2v) is 5.68. The average Bonchev–Trinajstić information content (AvgIpc) is 2.92. The van der Waals surface area contributed by atoms with Crippen molar-refractivity contribution in [1.82, 2.24) is 4.98 Å². The molecule has 6 nitrogen and oxygen atoms in total. The highest BCUT2D eigenvalue weighted by atomic mass is 32.1. The van der Waals surface area contributed by atoms with Gasteiger partial charge in [-0.15, -0.1) is 11.3 Å². The SMILES string of the molecule is CCC(=O)[C@]1(C(C)C)COC(=O)N1c1csc(N)n1. The second-order valence-electron chi connectivity index (χ2n) is 4.79. The lowest BCUT2D eigenvalue weighted by molar-refractivity contribution is -0.125. The molecule has 0 saturated carbocycles. The van der Waals surface area contributed by atoms with Crippen LogP contribution in [0.3, 0.4) is 0 Å². The van der Waals surface area contributed by atoms with Crippen molar-refractivity contribution in [2.75, 3.05) is 17.2 Å². The van der Waals surface area contributed by atoms with Gasteiger partial charge in [0.15, 0.2) is 16.7 Å². The highest BCUT2D eigenvalue weighted by Gasteiger charge is 2.55. The molecule has 1 aliphatic rings. The normalized spacial score (nSPS) is 22.9. The Morgan fingerprint density at radius 2 is 2.37 bits per heavy atom. The summed E-state index contributed by atoms with van der Waals surface area (Å²) in [7, 11) is 0. The number of nitrogen functional groups attached to an aromatic ring is 1. The maximum absolute atomic E-state index is 12.4. The molecule has 2 heterocycles. The first kappa shape index (κ1) is 13.8. The zero-order valence-corrected chi connectivity index (χ0v) is 12.0. The van der Waals surface area contributed by atoms with Gasteiger partial charge in [0.1, 0.15) is 12.1 Å². The molecule has 1 amide bonds. The lowest BCUT2D eigenvalue weighted by Crippen LogP contribution is -2.57. The van der Waals surface area contributed by atoms with E-state index in [0.29, 0.717) is 17.4 Å². The first-order valence-corrected chi connectivity index (χ1v) is 7.02. The maximum atomic E-state index is 12.4. The van der Waals surface area contributed by atoms with Crippen LogP contribution in [0.2, 0.25) is 0 Å². The van der Waals surface area contributed by atoms with Crippen LogP contribution in [0.4, 0.5) is 15.7 Å². The van der Waals surface area contributed by atoms with Gasteiger partial charge >= 0.3 is 6.09 Å². The summed E-state index contributed by atoms with van der Waals surface area (Å²) in [6.45, 7) is 5.65. The van der Waals surface area contributed by atoms with E-state index in [0.717, 1.165) is 0 Å². The number of hydrogen-bond donors (Lipinski definition) is 1. The molecule has 19 heavy (non-hydrogen) atoms. The Bertz CT molecular complexity index is 514. The third-order valence-electron chi connectivity index (χ3n) is 3.50. The molecule has 0 aliphatic carbocycles. The van der Waals surface area contributed by atoms with Crippen LogP contribution < -0.4 is 10.6 Å². The number of amides is 1. The molecule has 1 aliphatic heterocycles. The van der Waals surface area contributed by atoms with Crippen LogP contribution in [0.5, 0.6) is 0 Å². The van der Waals surface area contributed by atoms with Crippen LogP contribution in [-0.2, 0) is 9.53 Å². The van der Waals surface area contributed by atoms with Crippen LogP contribution in [-0.4, -0.2) is 29.0 Å². The second kappa shape index (κ2) is 4.80. The molecule has 0 bridgehead atoms. The number of nitrogens with zero attached hydrogens (tertiary/aromatic N) is 2. The molecule has 1 atom stereocenters. The molecule has 2 rings (SSSR count). The van der Waals surface area contributed by atoms with Crippen molar-refractivity contribution in [3.63, 3.8) is 0 Å². The molecule has 2 N–H and O–H groups in total. The van der Waals surface area contributed by atoms with E-state index in [1.165, 1.54) is 16.2 Å². The standard InChI is InChI=1S/C12H17N3O3S/c1-4-8(16)12(7(2)3)6-18-11(17)15(12)9-5-19-10(13)14-9/h5,7H,4,6H2,1-3H3,(H2,13,14)/t12-/m1/s1. The first-order chi connectivity index (χ1) is 8.93. The quantitative estimate of drug-likeness (QED) is 0.914. The third kappa shape index (κ3) is 1.98. The lowest BCUT2D eigenvalue weighted by atomic mass is 9.81. The zero-order chi connectivity index (χ0) is 14.2. The van der Waals surface area contributed by atoms with Gasteiger partial charge in [0.2, 0.25) is 0 Å². The van der Waals surface area contributed by atoms with E-state index in [1.807, 2.05) is 13.8 Å². The predicted molar refractivity (Wildman–Crippen MR) is 73.2 cm³/mol. The van der Waals surface area contributed by atoms with Crippen LogP contribution >= 0.6 is 11.3 Å². The number of anilines is 2. The zero-order valence-electron chi connectivity index (χ0n) is 11.2. The number of rotatable bonds is 4. The number of cyclic esters (lactones) is 1. The van der Waals surface area contributed by atoms with E-state index in [-0.39, 0.29) is 18.3 Å². The van der Waals surface area contributed by atoms with E-state index in [1.54, 1.807) is 12.3 Å². The third-order valence-corrected chi connectivity index (χ3v) is 4.16. The van der Waals surface area contributed by atoms with Gasteiger partial charge in [-0.05, 0) is 5.92 Å². The molecule has 0 spiro atoms. The number of hydrogen-bond acceptors (Lipinski definition) is 6. The van der Waals surface area contributed by atoms with Gasteiger partial charge in [-0.3, -0.25) is 4.79 Å². The van der Waals surface area contributed by atoms with Gasteiger partial charge in [0, 0.05) is 11.8 Å². The topological polar surface area (TPSA) is 85.5 Å². The number of carbonyl (C=O) groups excluding carboxylic acids is 2. The van der Waals surface area contributed by atoms with Gasteiger partial charge < -0.3 is 10.5 Å². The van der Waals surface area contributed by atoms with E-state index >= 15 is 0 Å². The molecule has 1 aromatic rings. The van der Waals surface area contributed by atoms with E-state index in [2.05, 4.69) is 4.98 Å². The number of ether oxygens (including phenoxy) is 1. The van der Waals surface area contributed by atoms with Gasteiger partial charge in [-0.1, -0.05) is 20.8 Å². The highest BCUT2D eigenvalue weighted by molar-refractivity contribution is 7.13. The molecule has 104 valence electrons. The lowest BCUT2D eigenvalue weighted by Gasteiger charge is -2.36. The monoisotopic (exact) mass is 283 g/mol. The fraction of sp³-hybridized carbons (Fsp3) is 0.583. The van der Waals surface area contributed by atoms with Crippen molar-refractivity contribution < 1.29 is 14.3 Å². The molecule has 0 aromatic carbocycles. The Kier molecular flexibility index (Phi) is 3.49. The number of Topliss-reactive ketones (excluding diaryl/α,β-unsaturated/α-hetero) is 1. The maximum Gasteiger partial charge on any atom is 0.416 e. The van der Waals surface area contributed by atoms with Crippen LogP contribution in [0.25, 0.3) is 0 Å². The molecular weight excluding hydrogens is 266 g/mol. The van der Waals surface area contributed by atoms with E-state index < -0.39 is 11.6 Å². The first-order valence-electron chi connectivity index (χ1n) is 6.14. The minimum absolute atomic E-state index is 0.0279. The summed E-state index contributed by atoms with van der Waals surface area (Å²) in [5, 5.41) is 2.03. The minimum Gasteiger partial charge on any atom is -0.446 e. The number of thiazole rings is 1. The molecule has 1 fully saturated rings. The van der Waals surface area contributed by atoms with Gasteiger partial charge in [-0.2, -0.15) is 0 Å². The summed E-state index contributed by atoms with van der Waals surface area (Å²) in [6, 6.07) is 0. The van der Waals surface area contributed by atoms with Crippen molar-refractivity contribution in [1.29, 1.82) is 0 Å². The summed E-state index contributed by atoms with van der Waals surface area (Å²) in [6.07, 6.45) is -0.203. The highest BCUT2D eigenvalue weighted by Crippen LogP contribution is 2.38. The van der Waals surface area contributed by atoms with Crippen molar-refractivity contribution in [2.45, 2.75) is 32.7 Å².